The van der Waals surface area contributed by atoms with E-state index in [1.165, 1.54) is 0 Å². The molecule has 0 aromatic heterocycles. The molecule has 0 aromatic rings. The number of hydrogen-bond donors (Lipinski definition) is 6. The molecule has 4 atom stereocenters. The molecule has 0 aliphatic carbocycles. The van der Waals surface area contributed by atoms with Crippen molar-refractivity contribution in [2.24, 2.45) is 0 Å². The number of aliphatic hydroxyl groups is 5. The van der Waals surface area contributed by atoms with Gasteiger partial charge in [-0.3, -0.25) is 0 Å². The Morgan fingerprint density at radius 2 is 1.47 bits per heavy atom. The van der Waals surface area contributed by atoms with Crippen LogP contribution < -0.4 is 0 Å². The topological polar surface area (TPSA) is 138 Å². The first-order valence-electron chi connectivity index (χ1n) is 3.47. The summed E-state index contributed by atoms with van der Waals surface area (Å²) in [6.45, 7) is -0.843. The number of carboxylic acid groups (broad SMARTS) is 1. The third kappa shape index (κ3) is 7.67. The molecule has 0 aliphatic heterocycles. The van der Waals surface area contributed by atoms with Gasteiger partial charge in [-0.2, -0.15) is 0 Å². The van der Waals surface area contributed by atoms with Crippen molar-refractivity contribution < 1.29 is 61.6 Å². The molecule has 9 heteroatoms. The van der Waals surface area contributed by atoms with Gasteiger partial charge >= 0.3 is 57.4 Å². The van der Waals surface area contributed by atoms with Crippen LogP contribution in [0.4, 0.5) is 0 Å². The third-order valence-electron chi connectivity index (χ3n) is 1.51. The second kappa shape index (κ2) is 10.9. The molecule has 0 unspecified atom stereocenters. The number of hydrogen-bond acceptors (Lipinski definition) is 6. The van der Waals surface area contributed by atoms with E-state index in [4.69, 9.17) is 30.6 Å². The first-order chi connectivity index (χ1) is 5.91. The number of rotatable bonds is 5. The van der Waals surface area contributed by atoms with Crippen LogP contribution in [0.25, 0.3) is 0 Å². The van der Waals surface area contributed by atoms with E-state index in [-0.39, 0.29) is 77.6 Å². The quantitative estimate of drug-likeness (QED) is 0.282. The Balaban J connectivity index is -0.000000720. The molecule has 0 aliphatic rings. The van der Waals surface area contributed by atoms with Gasteiger partial charge in [0.2, 0.25) is 0 Å². The summed E-state index contributed by atoms with van der Waals surface area (Å²) in [4.78, 5) is 10.1. The zero-order valence-corrected chi connectivity index (χ0v) is 9.57. The van der Waals surface area contributed by atoms with E-state index in [2.05, 4.69) is 0 Å². The first kappa shape index (κ1) is 22.0. The Hall–Kier alpha value is 1.79. The van der Waals surface area contributed by atoms with Crippen molar-refractivity contribution in [3.63, 3.8) is 0 Å². The van der Waals surface area contributed by atoms with Gasteiger partial charge in [-0.1, -0.05) is 0 Å². The Labute approximate surface area is 148 Å². The van der Waals surface area contributed by atoms with Gasteiger partial charge in [0.25, 0.3) is 0 Å². The summed E-state index contributed by atoms with van der Waals surface area (Å²) in [7, 11) is 0. The standard InChI is InChI=1S/C6H12O7.K.Zr.H/c7-1-2(8)3(9)4(10)5(11)6(12)13;;;/h2-5,7-11H,1H2,(H,12,13);;;/t2-,3-,4+,5-;;;/m1.../s1. The van der Waals surface area contributed by atoms with E-state index < -0.39 is 37.0 Å². The molecule has 6 N–H and O–H groups in total. The normalized spacial score (nSPS) is 17.7. The third-order valence-corrected chi connectivity index (χ3v) is 1.51. The van der Waals surface area contributed by atoms with Crippen LogP contribution in [-0.2, 0) is 31.0 Å². The van der Waals surface area contributed by atoms with Crippen molar-refractivity contribution in [3.05, 3.63) is 0 Å². The van der Waals surface area contributed by atoms with Gasteiger partial charge < -0.3 is 30.6 Å². The SMILES string of the molecule is O=C(O)[C@H](O)[C@@H](O)[C@H](O)[C@H](O)CO.[KH].[Zr]. The molecule has 7 nitrogen and oxygen atoms in total. The van der Waals surface area contributed by atoms with E-state index in [0.29, 0.717) is 0 Å². The summed E-state index contributed by atoms with van der Waals surface area (Å²) in [6.07, 6.45) is -7.84. The molecule has 0 saturated heterocycles. The van der Waals surface area contributed by atoms with Gasteiger partial charge in [0.05, 0.1) is 6.61 Å². The van der Waals surface area contributed by atoms with Crippen LogP contribution in [0.2, 0.25) is 0 Å². The fourth-order valence-electron chi connectivity index (χ4n) is 0.668. The second-order valence-corrected chi connectivity index (χ2v) is 2.51. The molecule has 15 heavy (non-hydrogen) atoms. The van der Waals surface area contributed by atoms with Crippen LogP contribution in [0.5, 0.6) is 0 Å². The Morgan fingerprint density at radius 1 is 1.07 bits per heavy atom. The van der Waals surface area contributed by atoms with Crippen LogP contribution in [0.1, 0.15) is 0 Å². The average molecular weight is 327 g/mol. The maximum absolute atomic E-state index is 10.1. The van der Waals surface area contributed by atoms with Crippen LogP contribution in [0.3, 0.4) is 0 Å². The van der Waals surface area contributed by atoms with E-state index in [0.717, 1.165) is 0 Å². The van der Waals surface area contributed by atoms with E-state index in [9.17, 15) is 4.79 Å². The van der Waals surface area contributed by atoms with Crippen molar-refractivity contribution in [3.8, 4) is 0 Å². The molecule has 0 fully saturated rings. The number of carbonyl (C=O) groups is 1. The average Bonchev–Trinajstić information content (AvgIpc) is 2.12. The Morgan fingerprint density at radius 3 is 1.73 bits per heavy atom. The molecule has 0 saturated carbocycles. The van der Waals surface area contributed by atoms with Gasteiger partial charge in [-0.25, -0.2) is 4.79 Å². The summed E-state index contributed by atoms with van der Waals surface area (Å²) in [5.74, 6) is -1.73. The van der Waals surface area contributed by atoms with E-state index in [1.54, 1.807) is 0 Å². The van der Waals surface area contributed by atoms with E-state index in [1.807, 2.05) is 0 Å². The monoisotopic (exact) mass is 326 g/mol. The molecule has 0 spiro atoms. The van der Waals surface area contributed by atoms with E-state index >= 15 is 0 Å². The van der Waals surface area contributed by atoms with Crippen LogP contribution in [-0.4, -0.2) is 119 Å². The van der Waals surface area contributed by atoms with Crippen LogP contribution in [0, 0.1) is 0 Å². The predicted molar refractivity (Wildman–Crippen MR) is 45.9 cm³/mol. The number of carboxylic acids is 1. The molecule has 0 bridgehead atoms. The smallest absolute Gasteiger partial charge is 0 e. The fraction of sp³-hybridized carbons (Fsp3) is 0.833. The second-order valence-electron chi connectivity index (χ2n) is 2.51. The molecule has 0 aromatic carbocycles. The maximum atomic E-state index is 10.1. The Kier molecular flexibility index (Phi) is 16.0. The molecule has 0 amide bonds. The van der Waals surface area contributed by atoms with Crippen molar-refractivity contribution in [1.29, 1.82) is 0 Å². The summed E-state index contributed by atoms with van der Waals surface area (Å²) in [6, 6.07) is 0. The fourth-order valence-corrected chi connectivity index (χ4v) is 0.668. The molecule has 0 heterocycles. The van der Waals surface area contributed by atoms with Crippen molar-refractivity contribution in [1.82, 2.24) is 0 Å². The molecule has 0 rings (SSSR count). The van der Waals surface area contributed by atoms with Crippen molar-refractivity contribution in [2.75, 3.05) is 6.61 Å². The van der Waals surface area contributed by atoms with Gasteiger partial charge in [0.1, 0.15) is 18.3 Å². The number of aliphatic carboxylic acids is 1. The minimum Gasteiger partial charge on any atom is 0 e. The summed E-state index contributed by atoms with van der Waals surface area (Å²) >= 11 is 0. The zero-order chi connectivity index (χ0) is 10.6. The minimum absolute atomic E-state index is 0. The van der Waals surface area contributed by atoms with Gasteiger partial charge in [0, 0.05) is 26.2 Å². The van der Waals surface area contributed by atoms with Gasteiger partial charge in [-0.15, -0.1) is 0 Å². The number of aliphatic hydroxyl groups excluding tert-OH is 5. The molecule has 84 valence electrons. The summed E-state index contributed by atoms with van der Waals surface area (Å²) in [5.41, 5.74) is 0. The maximum Gasteiger partial charge on any atom is 0 e. The first-order valence-corrected chi connectivity index (χ1v) is 3.47. The zero-order valence-electron chi connectivity index (χ0n) is 7.11. The van der Waals surface area contributed by atoms with Gasteiger partial charge in [-0.05, 0) is 0 Å². The molecular weight excluding hydrogens is 314 g/mol. The molecule has 0 radical (unpaired) electrons. The minimum atomic E-state index is -2.20. The van der Waals surface area contributed by atoms with Crippen molar-refractivity contribution in [2.45, 2.75) is 24.4 Å². The Bertz CT molecular complexity index is 181. The largest absolute Gasteiger partial charge is 0 e. The van der Waals surface area contributed by atoms with Crippen LogP contribution >= 0.6 is 0 Å². The predicted octanol–water partition coefficient (Wildman–Crippen LogP) is -4.14. The van der Waals surface area contributed by atoms with Gasteiger partial charge in [0.15, 0.2) is 6.10 Å². The van der Waals surface area contributed by atoms with Crippen molar-refractivity contribution >= 4 is 57.4 Å². The summed E-state index contributed by atoms with van der Waals surface area (Å²) < 4.78 is 0. The summed E-state index contributed by atoms with van der Waals surface area (Å²) in [5, 5.41) is 51.8. The van der Waals surface area contributed by atoms with Crippen LogP contribution in [0.15, 0.2) is 0 Å². The molecular formula is C6H13KO7Zr.